The Balaban J connectivity index is 1.34. The Hall–Kier alpha value is -2.87. The molecule has 2 aromatic carbocycles. The van der Waals surface area contributed by atoms with Crippen molar-refractivity contribution in [2.75, 3.05) is 17.8 Å². The van der Waals surface area contributed by atoms with Crippen molar-refractivity contribution in [3.63, 3.8) is 0 Å². The molecule has 0 radical (unpaired) electrons. The molecule has 8 heteroatoms. The normalized spacial score (nSPS) is 17.5. The standard InChI is InChI=1S/C29H38N2O5S/c1-21-10-13-25(20-27(21)30-37(35,36)26-7-3-2-4-8-26)29(34)31-18-16-24(17-19-31)23-14-11-22(12-15-23)6-5-9-28(32)33/h10-15,20,24,26,30H,2-9,16-19H2,1H3,(H,32,33). The van der Waals surface area contributed by atoms with E-state index in [1.807, 2.05) is 17.9 Å². The molecule has 0 spiro atoms. The average Bonchev–Trinajstić information content (AvgIpc) is 2.90. The van der Waals surface area contributed by atoms with Crippen molar-refractivity contribution >= 4 is 27.6 Å². The Labute approximate surface area is 220 Å². The number of sulfonamides is 1. The second-order valence-electron chi connectivity index (χ2n) is 10.5. The molecule has 0 atom stereocenters. The molecule has 37 heavy (non-hydrogen) atoms. The van der Waals surface area contributed by atoms with Crippen LogP contribution in [0.1, 0.15) is 90.8 Å². The number of nitrogens with zero attached hydrogens (tertiary/aromatic N) is 1. The summed E-state index contributed by atoms with van der Waals surface area (Å²) >= 11 is 0. The fourth-order valence-electron chi connectivity index (χ4n) is 5.48. The molecule has 2 fully saturated rings. The van der Waals surface area contributed by atoms with E-state index in [2.05, 4.69) is 29.0 Å². The Bertz CT molecular complexity index is 1200. The Morgan fingerprint density at radius 1 is 0.973 bits per heavy atom. The smallest absolute Gasteiger partial charge is 0.303 e. The molecule has 200 valence electrons. The van der Waals surface area contributed by atoms with E-state index >= 15 is 0 Å². The summed E-state index contributed by atoms with van der Waals surface area (Å²) < 4.78 is 28.6. The van der Waals surface area contributed by atoms with Gasteiger partial charge in [0.1, 0.15) is 0 Å². The number of hydrogen-bond acceptors (Lipinski definition) is 4. The molecule has 1 aliphatic carbocycles. The van der Waals surface area contributed by atoms with Crippen LogP contribution in [0.25, 0.3) is 0 Å². The number of carbonyl (C=O) groups excluding carboxylic acids is 1. The van der Waals surface area contributed by atoms with Gasteiger partial charge in [0.2, 0.25) is 10.0 Å². The highest BCUT2D eigenvalue weighted by atomic mass is 32.2. The van der Waals surface area contributed by atoms with Crippen molar-refractivity contribution in [2.45, 2.75) is 82.3 Å². The third-order valence-electron chi connectivity index (χ3n) is 7.82. The van der Waals surface area contributed by atoms with Gasteiger partial charge >= 0.3 is 5.97 Å². The highest BCUT2D eigenvalue weighted by Gasteiger charge is 2.29. The molecular weight excluding hydrogens is 488 g/mol. The van der Waals surface area contributed by atoms with Crippen LogP contribution in [-0.2, 0) is 21.2 Å². The number of aryl methyl sites for hydroxylation is 2. The number of hydrogen-bond donors (Lipinski definition) is 2. The fourth-order valence-corrected chi connectivity index (χ4v) is 7.12. The maximum absolute atomic E-state index is 13.3. The number of anilines is 1. The summed E-state index contributed by atoms with van der Waals surface area (Å²) in [5.74, 6) is -0.445. The van der Waals surface area contributed by atoms with Gasteiger partial charge in [-0.1, -0.05) is 49.6 Å². The molecule has 7 nitrogen and oxygen atoms in total. The minimum Gasteiger partial charge on any atom is -0.481 e. The minimum atomic E-state index is -3.48. The van der Waals surface area contributed by atoms with Crippen LogP contribution in [0.15, 0.2) is 42.5 Å². The summed E-state index contributed by atoms with van der Waals surface area (Å²) in [7, 11) is -3.48. The number of rotatable bonds is 9. The average molecular weight is 527 g/mol. The molecule has 1 heterocycles. The quantitative estimate of drug-likeness (QED) is 0.449. The largest absolute Gasteiger partial charge is 0.481 e. The van der Waals surface area contributed by atoms with Gasteiger partial charge in [0.05, 0.1) is 10.9 Å². The molecule has 0 aromatic heterocycles. The van der Waals surface area contributed by atoms with E-state index < -0.39 is 16.0 Å². The Morgan fingerprint density at radius 3 is 2.30 bits per heavy atom. The van der Waals surface area contributed by atoms with E-state index in [0.717, 1.165) is 49.7 Å². The van der Waals surface area contributed by atoms with Gasteiger partial charge in [0.25, 0.3) is 5.91 Å². The van der Waals surface area contributed by atoms with Gasteiger partial charge in [-0.15, -0.1) is 0 Å². The van der Waals surface area contributed by atoms with E-state index in [0.29, 0.717) is 49.5 Å². The number of likely N-dealkylation sites (tertiary alicyclic amines) is 1. The van der Waals surface area contributed by atoms with Gasteiger partial charge in [0.15, 0.2) is 0 Å². The number of aliphatic carboxylic acids is 1. The van der Waals surface area contributed by atoms with Gasteiger partial charge in [0, 0.05) is 25.1 Å². The fraction of sp³-hybridized carbons (Fsp3) is 0.517. The highest BCUT2D eigenvalue weighted by Crippen LogP contribution is 2.30. The Kier molecular flexibility index (Phi) is 8.90. The zero-order chi connectivity index (χ0) is 26.4. The summed E-state index contributed by atoms with van der Waals surface area (Å²) in [6.45, 7) is 3.16. The van der Waals surface area contributed by atoms with Gasteiger partial charge in [-0.2, -0.15) is 0 Å². The second-order valence-corrected chi connectivity index (χ2v) is 12.5. The predicted octanol–water partition coefficient (Wildman–Crippen LogP) is 5.50. The number of benzene rings is 2. The molecule has 2 N–H and O–H groups in total. The molecule has 1 amide bonds. The summed E-state index contributed by atoms with van der Waals surface area (Å²) in [6, 6.07) is 13.7. The third kappa shape index (κ3) is 7.12. The van der Waals surface area contributed by atoms with Crippen molar-refractivity contribution in [2.24, 2.45) is 0 Å². The number of carbonyl (C=O) groups is 2. The van der Waals surface area contributed by atoms with E-state index in [9.17, 15) is 18.0 Å². The summed E-state index contributed by atoms with van der Waals surface area (Å²) in [6.07, 6.45) is 7.67. The molecule has 0 unspecified atom stereocenters. The lowest BCUT2D eigenvalue weighted by atomic mass is 9.88. The van der Waals surface area contributed by atoms with E-state index in [1.54, 1.807) is 12.1 Å². The van der Waals surface area contributed by atoms with Crippen LogP contribution in [0.5, 0.6) is 0 Å². The first-order valence-corrected chi connectivity index (χ1v) is 15.0. The van der Waals surface area contributed by atoms with Crippen LogP contribution in [-0.4, -0.2) is 48.6 Å². The molecule has 2 aromatic rings. The lowest BCUT2D eigenvalue weighted by Gasteiger charge is -2.32. The van der Waals surface area contributed by atoms with Crippen molar-refractivity contribution in [1.29, 1.82) is 0 Å². The summed E-state index contributed by atoms with van der Waals surface area (Å²) in [5, 5.41) is 8.44. The van der Waals surface area contributed by atoms with Crippen LogP contribution in [0.2, 0.25) is 0 Å². The van der Waals surface area contributed by atoms with Crippen molar-refractivity contribution in [3.05, 3.63) is 64.7 Å². The second kappa shape index (κ2) is 12.1. The first-order valence-electron chi connectivity index (χ1n) is 13.4. The van der Waals surface area contributed by atoms with Crippen molar-refractivity contribution < 1.29 is 23.1 Å². The first kappa shape index (κ1) is 27.2. The number of piperidine rings is 1. The highest BCUT2D eigenvalue weighted by molar-refractivity contribution is 7.93. The molecule has 4 rings (SSSR count). The van der Waals surface area contributed by atoms with Crippen LogP contribution >= 0.6 is 0 Å². The van der Waals surface area contributed by atoms with E-state index in [1.165, 1.54) is 5.56 Å². The van der Waals surface area contributed by atoms with Crippen molar-refractivity contribution in [1.82, 2.24) is 4.90 Å². The van der Waals surface area contributed by atoms with E-state index in [-0.39, 0.29) is 17.6 Å². The molecule has 1 saturated carbocycles. The molecular formula is C29H38N2O5S. The summed E-state index contributed by atoms with van der Waals surface area (Å²) in [4.78, 5) is 25.8. The lowest BCUT2D eigenvalue weighted by Crippen LogP contribution is -2.38. The molecule has 1 aliphatic heterocycles. The van der Waals surface area contributed by atoms with Crippen LogP contribution in [0.3, 0.4) is 0 Å². The van der Waals surface area contributed by atoms with Crippen LogP contribution in [0.4, 0.5) is 5.69 Å². The third-order valence-corrected chi connectivity index (χ3v) is 9.67. The zero-order valence-electron chi connectivity index (χ0n) is 21.6. The zero-order valence-corrected chi connectivity index (χ0v) is 22.4. The molecule has 0 bridgehead atoms. The SMILES string of the molecule is Cc1ccc(C(=O)N2CCC(c3ccc(CCCC(=O)O)cc3)CC2)cc1NS(=O)(=O)C1CCCCC1. The van der Waals surface area contributed by atoms with Crippen LogP contribution < -0.4 is 4.72 Å². The van der Waals surface area contributed by atoms with Gasteiger partial charge in [-0.25, -0.2) is 8.42 Å². The van der Waals surface area contributed by atoms with Crippen molar-refractivity contribution in [3.8, 4) is 0 Å². The van der Waals surface area contributed by atoms with Gasteiger partial charge < -0.3 is 10.0 Å². The number of carboxylic acids is 1. The van der Waals surface area contributed by atoms with E-state index in [4.69, 9.17) is 5.11 Å². The number of nitrogens with one attached hydrogen (secondary N) is 1. The summed E-state index contributed by atoms with van der Waals surface area (Å²) in [5.41, 5.74) is 4.21. The first-order chi connectivity index (χ1) is 17.7. The lowest BCUT2D eigenvalue weighted by molar-refractivity contribution is -0.137. The van der Waals surface area contributed by atoms with Crippen LogP contribution in [0, 0.1) is 6.92 Å². The number of amides is 1. The maximum Gasteiger partial charge on any atom is 0.303 e. The topological polar surface area (TPSA) is 104 Å². The minimum absolute atomic E-state index is 0.0645. The molecule has 1 saturated heterocycles. The maximum atomic E-state index is 13.3. The predicted molar refractivity (Wildman–Crippen MR) is 145 cm³/mol. The Morgan fingerprint density at radius 2 is 1.65 bits per heavy atom. The molecule has 2 aliphatic rings. The van der Waals surface area contributed by atoms with Gasteiger partial charge in [-0.05, 0) is 80.2 Å². The number of carboxylic acid groups (broad SMARTS) is 1. The monoisotopic (exact) mass is 526 g/mol. The van der Waals surface area contributed by atoms with Gasteiger partial charge in [-0.3, -0.25) is 14.3 Å².